The van der Waals surface area contributed by atoms with Gasteiger partial charge in [0.05, 0.1) is 12.3 Å². The maximum Gasteiger partial charge on any atom is 0.413 e. The molecular formula is C26H31N3O6. The number of allylic oxidation sites excluding steroid dienone is 4. The first-order valence-corrected chi connectivity index (χ1v) is 12.2. The molecule has 7 atom stereocenters. The Morgan fingerprint density at radius 1 is 1.26 bits per heavy atom. The van der Waals surface area contributed by atoms with E-state index in [4.69, 9.17) is 4.74 Å². The number of hydrogen-bond acceptors (Lipinski definition) is 8. The smallest absolute Gasteiger partial charge is 0.413 e. The van der Waals surface area contributed by atoms with Crippen molar-refractivity contribution in [2.75, 3.05) is 11.9 Å². The molecule has 0 spiro atoms. The van der Waals surface area contributed by atoms with Gasteiger partial charge < -0.3 is 14.9 Å². The summed E-state index contributed by atoms with van der Waals surface area (Å²) in [5, 5.41) is 25.5. The molecule has 9 heteroatoms. The lowest BCUT2D eigenvalue weighted by atomic mass is 9.46. The van der Waals surface area contributed by atoms with Gasteiger partial charge in [-0.2, -0.15) is 0 Å². The van der Waals surface area contributed by atoms with Crippen LogP contribution >= 0.6 is 0 Å². The zero-order valence-corrected chi connectivity index (χ0v) is 19.9. The van der Waals surface area contributed by atoms with Gasteiger partial charge in [0.25, 0.3) is 0 Å². The fourth-order valence-electron chi connectivity index (χ4n) is 7.54. The van der Waals surface area contributed by atoms with Crippen LogP contribution in [-0.2, 0) is 14.3 Å². The van der Waals surface area contributed by atoms with Crippen LogP contribution in [0.1, 0.15) is 46.0 Å². The molecule has 3 saturated carbocycles. The van der Waals surface area contributed by atoms with Gasteiger partial charge in [0.2, 0.25) is 5.78 Å². The van der Waals surface area contributed by atoms with Crippen molar-refractivity contribution in [1.29, 1.82) is 0 Å². The minimum Gasteiger partial charge on any atom is -0.441 e. The Morgan fingerprint density at radius 3 is 2.80 bits per heavy atom. The largest absolute Gasteiger partial charge is 0.441 e. The number of carbonyl (C=O) groups excluding carboxylic acids is 3. The first kappa shape index (κ1) is 23.8. The van der Waals surface area contributed by atoms with E-state index >= 15 is 0 Å². The number of hydrogen-bond donors (Lipinski definition) is 3. The summed E-state index contributed by atoms with van der Waals surface area (Å²) < 4.78 is 5.10. The number of ether oxygens (including phenoxy) is 1. The van der Waals surface area contributed by atoms with Crippen molar-refractivity contribution < 1.29 is 29.3 Å². The third kappa shape index (κ3) is 3.63. The second-order valence-electron chi connectivity index (χ2n) is 10.8. The zero-order valence-electron chi connectivity index (χ0n) is 19.9. The number of aliphatic hydroxyl groups is 2. The predicted octanol–water partition coefficient (Wildman–Crippen LogP) is 2.60. The second-order valence-corrected chi connectivity index (χ2v) is 10.8. The van der Waals surface area contributed by atoms with Crippen LogP contribution in [0.25, 0.3) is 0 Å². The van der Waals surface area contributed by atoms with Crippen LogP contribution < -0.4 is 5.32 Å². The molecule has 0 aliphatic heterocycles. The Labute approximate surface area is 203 Å². The first-order valence-electron chi connectivity index (χ1n) is 12.2. The van der Waals surface area contributed by atoms with Crippen LogP contribution in [0.15, 0.2) is 42.4 Å². The number of nitrogens with zero attached hydrogens (tertiary/aromatic N) is 2. The van der Waals surface area contributed by atoms with Crippen LogP contribution in [0.3, 0.4) is 0 Å². The molecule has 1 amide bonds. The second kappa shape index (κ2) is 8.34. The minimum absolute atomic E-state index is 0.0183. The molecule has 9 nitrogen and oxygen atoms in total. The molecule has 0 aromatic carbocycles. The molecule has 35 heavy (non-hydrogen) atoms. The lowest BCUT2D eigenvalue weighted by molar-refractivity contribution is -0.178. The molecule has 1 heterocycles. The van der Waals surface area contributed by atoms with Crippen LogP contribution in [-0.4, -0.2) is 56.2 Å². The minimum atomic E-state index is -1.70. The van der Waals surface area contributed by atoms with Gasteiger partial charge in [-0.3, -0.25) is 19.9 Å². The summed E-state index contributed by atoms with van der Waals surface area (Å²) in [7, 11) is 0. The van der Waals surface area contributed by atoms with Crippen molar-refractivity contribution >= 4 is 23.5 Å². The van der Waals surface area contributed by atoms with Gasteiger partial charge in [-0.05, 0) is 56.1 Å². The van der Waals surface area contributed by atoms with E-state index in [1.165, 1.54) is 18.6 Å². The SMILES string of the molecule is CC12C=CC(=O)C=C1CCC1C2C(O)CC2(C)C1CC[C@]2(O)C(=O)COC(=O)Nc1cnccn1. The quantitative estimate of drug-likeness (QED) is 0.596. The molecule has 0 bridgehead atoms. The number of fused-ring (bicyclic) bond motifs is 5. The maximum atomic E-state index is 13.3. The Hall–Kier alpha value is -2.91. The summed E-state index contributed by atoms with van der Waals surface area (Å²) in [6, 6.07) is 0. The summed E-state index contributed by atoms with van der Waals surface area (Å²) in [5.74, 6) is -0.343. The number of anilines is 1. The van der Waals surface area contributed by atoms with Crippen molar-refractivity contribution in [3.63, 3.8) is 0 Å². The number of rotatable bonds is 4. The monoisotopic (exact) mass is 481 g/mol. The Morgan fingerprint density at radius 2 is 2.06 bits per heavy atom. The number of carbonyl (C=O) groups is 3. The lowest BCUT2D eigenvalue weighted by Crippen LogP contribution is -2.61. The summed E-state index contributed by atoms with van der Waals surface area (Å²) in [6.45, 7) is 3.39. The number of amides is 1. The molecule has 0 saturated heterocycles. The topological polar surface area (TPSA) is 139 Å². The van der Waals surface area contributed by atoms with Crippen LogP contribution in [0.4, 0.5) is 10.6 Å². The van der Waals surface area contributed by atoms with Gasteiger partial charge in [-0.1, -0.05) is 25.5 Å². The van der Waals surface area contributed by atoms with Crippen LogP contribution in [0.2, 0.25) is 0 Å². The Kier molecular flexibility index (Phi) is 5.68. The van der Waals surface area contributed by atoms with Gasteiger partial charge >= 0.3 is 6.09 Å². The summed E-state index contributed by atoms with van der Waals surface area (Å²) in [5.41, 5.74) is -1.91. The molecule has 6 unspecified atom stereocenters. The molecule has 5 rings (SSSR count). The number of nitrogens with one attached hydrogen (secondary N) is 1. The van der Waals surface area contributed by atoms with Gasteiger partial charge in [-0.15, -0.1) is 0 Å². The highest BCUT2D eigenvalue weighted by atomic mass is 16.6. The highest BCUT2D eigenvalue weighted by Gasteiger charge is 2.68. The van der Waals surface area contributed by atoms with E-state index in [0.29, 0.717) is 6.42 Å². The molecule has 1 aromatic heterocycles. The maximum absolute atomic E-state index is 13.3. The van der Waals surface area contributed by atoms with Crippen LogP contribution in [0.5, 0.6) is 0 Å². The van der Waals surface area contributed by atoms with Crippen LogP contribution in [0, 0.1) is 28.6 Å². The summed E-state index contributed by atoms with van der Waals surface area (Å²) in [4.78, 5) is 45.1. The van der Waals surface area contributed by atoms with Crippen molar-refractivity contribution in [3.05, 3.63) is 42.4 Å². The molecule has 3 fully saturated rings. The third-order valence-electron chi connectivity index (χ3n) is 9.24. The molecule has 186 valence electrons. The van der Waals surface area contributed by atoms with Crippen molar-refractivity contribution in [2.24, 2.45) is 28.6 Å². The van der Waals surface area contributed by atoms with E-state index in [0.717, 1.165) is 18.4 Å². The molecule has 4 aliphatic carbocycles. The first-order chi connectivity index (χ1) is 16.6. The van der Waals surface area contributed by atoms with E-state index in [2.05, 4.69) is 22.2 Å². The zero-order chi connectivity index (χ0) is 25.0. The molecule has 3 N–H and O–H groups in total. The van der Waals surface area contributed by atoms with Gasteiger partial charge in [0.15, 0.2) is 18.2 Å². The fraction of sp³-hybridized carbons (Fsp3) is 0.577. The van der Waals surface area contributed by atoms with Crippen molar-refractivity contribution in [1.82, 2.24) is 9.97 Å². The summed E-state index contributed by atoms with van der Waals surface area (Å²) in [6.07, 6.45) is 10.6. The molecule has 4 aliphatic rings. The summed E-state index contributed by atoms with van der Waals surface area (Å²) >= 11 is 0. The van der Waals surface area contributed by atoms with Gasteiger partial charge in [0, 0.05) is 29.1 Å². The number of aromatic nitrogens is 2. The molecule has 1 aromatic rings. The van der Waals surface area contributed by atoms with E-state index in [9.17, 15) is 24.6 Å². The van der Waals surface area contributed by atoms with E-state index in [1.807, 2.05) is 13.0 Å². The molecule has 0 radical (unpaired) electrons. The Bertz CT molecular complexity index is 1120. The average molecular weight is 482 g/mol. The fourth-order valence-corrected chi connectivity index (χ4v) is 7.54. The Balaban J connectivity index is 1.33. The van der Waals surface area contributed by atoms with Gasteiger partial charge in [-0.25, -0.2) is 9.78 Å². The molecular weight excluding hydrogens is 450 g/mol. The highest BCUT2D eigenvalue weighted by molar-refractivity contribution is 6.01. The van der Waals surface area contributed by atoms with Gasteiger partial charge in [0.1, 0.15) is 5.60 Å². The normalized spacial score (nSPS) is 39.7. The predicted molar refractivity (Wildman–Crippen MR) is 125 cm³/mol. The van der Waals surface area contributed by atoms with E-state index in [1.54, 1.807) is 12.2 Å². The lowest BCUT2D eigenvalue weighted by Gasteiger charge is -2.59. The average Bonchev–Trinajstić information content (AvgIpc) is 3.09. The number of aliphatic hydroxyl groups excluding tert-OH is 1. The number of ketones is 2. The van der Waals surface area contributed by atoms with Crippen molar-refractivity contribution in [2.45, 2.75) is 57.7 Å². The number of Topliss-reactive ketones (excluding diaryl/α,β-unsaturated/α-hetero) is 1. The standard InChI is InChI=1S/C26H31N3O6/c1-24-7-5-16(30)11-15(24)3-4-17-18-6-8-26(34,25(18,2)12-19(31)22(17)24)20(32)14-35-23(33)29-21-13-27-9-10-28-21/h5,7,9-11,13,17-19,22,31,34H,3-4,6,8,12,14H2,1-2H3,(H,28,29,33)/t17?,18?,19?,22?,24?,25?,26-/m0/s1. The highest BCUT2D eigenvalue weighted by Crippen LogP contribution is 2.67. The third-order valence-corrected chi connectivity index (χ3v) is 9.24. The van der Waals surface area contributed by atoms with E-state index < -0.39 is 41.0 Å². The van der Waals surface area contributed by atoms with E-state index in [-0.39, 0.29) is 42.2 Å². The van der Waals surface area contributed by atoms with Crippen molar-refractivity contribution in [3.8, 4) is 0 Å².